The van der Waals surface area contributed by atoms with E-state index in [0.717, 1.165) is 37.7 Å². The van der Waals surface area contributed by atoms with E-state index in [1.54, 1.807) is 11.0 Å². The van der Waals surface area contributed by atoms with E-state index in [0.29, 0.717) is 57.9 Å². The number of piperidine rings is 1. The summed E-state index contributed by atoms with van der Waals surface area (Å²) in [6.07, 6.45) is 4.30. The topological polar surface area (TPSA) is 65.1 Å². The number of rotatable bonds is 4. The molecule has 1 spiro atoms. The Morgan fingerprint density at radius 2 is 1.85 bits per heavy atom. The van der Waals surface area contributed by atoms with Crippen LogP contribution in [0, 0.1) is 11.6 Å². The highest BCUT2D eigenvalue weighted by Gasteiger charge is 2.49. The maximum Gasteiger partial charge on any atom is 0.243 e. The number of likely N-dealkylation sites (tertiary alicyclic amines) is 1. The first-order chi connectivity index (χ1) is 16.3. The van der Waals surface area contributed by atoms with Gasteiger partial charge in [0.15, 0.2) is 11.6 Å². The largest absolute Gasteiger partial charge is 0.381 e. The van der Waals surface area contributed by atoms with E-state index in [1.165, 1.54) is 6.07 Å². The van der Waals surface area contributed by atoms with Crippen LogP contribution >= 0.6 is 0 Å². The molecule has 1 aromatic rings. The molecule has 4 heterocycles. The Morgan fingerprint density at radius 1 is 1.12 bits per heavy atom. The highest BCUT2D eigenvalue weighted by Crippen LogP contribution is 2.34. The first kappa shape index (κ1) is 23.6. The van der Waals surface area contributed by atoms with Gasteiger partial charge in [-0.1, -0.05) is 6.07 Å². The molecule has 9 heteroatoms. The minimum atomic E-state index is -0.845. The van der Waals surface area contributed by atoms with Gasteiger partial charge in [-0.25, -0.2) is 8.78 Å². The van der Waals surface area contributed by atoms with Crippen LogP contribution in [0.5, 0.6) is 0 Å². The summed E-state index contributed by atoms with van der Waals surface area (Å²) in [7, 11) is 2.11. The number of nitrogens with zero attached hydrogens (tertiary/aromatic N) is 3. The van der Waals surface area contributed by atoms with E-state index in [9.17, 15) is 18.4 Å². The van der Waals surface area contributed by atoms with Gasteiger partial charge in [-0.2, -0.15) is 0 Å². The van der Waals surface area contributed by atoms with Crippen LogP contribution in [0.25, 0.3) is 0 Å². The normalized spacial score (nSPS) is 28.3. The van der Waals surface area contributed by atoms with Gasteiger partial charge in [0.2, 0.25) is 11.8 Å². The highest BCUT2D eigenvalue weighted by atomic mass is 19.2. The van der Waals surface area contributed by atoms with Crippen molar-refractivity contribution in [3.8, 4) is 0 Å². The van der Waals surface area contributed by atoms with Crippen molar-refractivity contribution in [3.05, 3.63) is 35.4 Å². The first-order valence-electron chi connectivity index (χ1n) is 12.4. The zero-order valence-electron chi connectivity index (χ0n) is 19.8. The van der Waals surface area contributed by atoms with Gasteiger partial charge in [0.05, 0.1) is 12.0 Å². The molecular weight excluding hydrogens is 442 g/mol. The Balaban J connectivity index is 1.20. The number of halogens is 2. The van der Waals surface area contributed by atoms with Gasteiger partial charge >= 0.3 is 0 Å². The van der Waals surface area contributed by atoms with Gasteiger partial charge < -0.3 is 15.0 Å². The Morgan fingerprint density at radius 3 is 2.56 bits per heavy atom. The molecule has 1 aromatic carbocycles. The summed E-state index contributed by atoms with van der Waals surface area (Å²) < 4.78 is 32.3. The molecule has 0 unspecified atom stereocenters. The molecule has 0 bridgehead atoms. The second kappa shape index (κ2) is 9.51. The highest BCUT2D eigenvalue weighted by molar-refractivity contribution is 5.92. The van der Waals surface area contributed by atoms with E-state index in [2.05, 4.69) is 22.2 Å². The quantitative estimate of drug-likeness (QED) is 0.719. The molecule has 186 valence electrons. The van der Waals surface area contributed by atoms with Crippen LogP contribution in [0.2, 0.25) is 0 Å². The lowest BCUT2D eigenvalue weighted by molar-refractivity contribution is -0.135. The van der Waals surface area contributed by atoms with E-state index in [1.807, 2.05) is 0 Å². The summed E-state index contributed by atoms with van der Waals surface area (Å²) in [6, 6.07) is 4.21. The SMILES string of the molecule is CN(C1CCOCC1)[C@H]1C[C@H]2C(=O)NC3(CCN(Cc4ccc(F)c(F)c4)CC3)CC(=O)N2C1. The predicted octanol–water partition coefficient (Wildman–Crippen LogP) is 1.90. The summed E-state index contributed by atoms with van der Waals surface area (Å²) in [5.74, 6) is -1.67. The molecule has 5 rings (SSSR count). The molecule has 4 fully saturated rings. The van der Waals surface area contributed by atoms with Crippen LogP contribution in [0.1, 0.15) is 44.1 Å². The van der Waals surface area contributed by atoms with Crippen molar-refractivity contribution < 1.29 is 23.1 Å². The Bertz CT molecular complexity index is 903. The number of fused-ring (bicyclic) bond motifs is 1. The molecule has 4 saturated heterocycles. The average molecular weight is 477 g/mol. The van der Waals surface area contributed by atoms with Crippen molar-refractivity contribution in [1.29, 1.82) is 0 Å². The van der Waals surface area contributed by atoms with Gasteiger partial charge in [-0.15, -0.1) is 0 Å². The molecule has 0 radical (unpaired) electrons. The molecule has 2 amide bonds. The van der Waals surface area contributed by atoms with E-state index < -0.39 is 23.2 Å². The fourth-order valence-electron chi connectivity index (χ4n) is 6.14. The van der Waals surface area contributed by atoms with Crippen LogP contribution in [0.3, 0.4) is 0 Å². The lowest BCUT2D eigenvalue weighted by Gasteiger charge is -2.41. The average Bonchev–Trinajstić information content (AvgIpc) is 3.26. The predicted molar refractivity (Wildman–Crippen MR) is 122 cm³/mol. The van der Waals surface area contributed by atoms with Crippen molar-refractivity contribution in [3.63, 3.8) is 0 Å². The number of amides is 2. The maximum absolute atomic E-state index is 13.6. The van der Waals surface area contributed by atoms with E-state index >= 15 is 0 Å². The number of benzene rings is 1. The standard InChI is InChI=1S/C25H34F2N4O3/c1-29(18-4-10-34-11-5-18)19-13-22-24(33)28-25(14-23(32)31(22)16-19)6-8-30(9-7-25)15-17-2-3-20(26)21(27)12-17/h2-3,12,18-19,22H,4-11,13-16H2,1H3,(H,28,33)/t19-,22-/m0/s1. The van der Waals surface area contributed by atoms with E-state index in [-0.39, 0.29) is 17.9 Å². The summed E-state index contributed by atoms with van der Waals surface area (Å²) in [6.45, 7) is 4.03. The summed E-state index contributed by atoms with van der Waals surface area (Å²) in [4.78, 5) is 32.9. The molecular formula is C25H34F2N4O3. The Kier molecular flexibility index (Phi) is 6.61. The summed E-state index contributed by atoms with van der Waals surface area (Å²) in [5.41, 5.74) is 0.196. The van der Waals surface area contributed by atoms with Gasteiger partial charge in [0, 0.05) is 51.5 Å². The minimum absolute atomic E-state index is 0.0391. The maximum atomic E-state index is 13.6. The third-order valence-corrected chi connectivity index (χ3v) is 8.33. The number of carbonyl (C=O) groups is 2. The first-order valence-corrected chi connectivity index (χ1v) is 12.4. The van der Waals surface area contributed by atoms with Crippen LogP contribution in [0.15, 0.2) is 18.2 Å². The van der Waals surface area contributed by atoms with Crippen molar-refractivity contribution in [2.45, 2.75) is 68.7 Å². The molecule has 1 N–H and O–H groups in total. The van der Waals surface area contributed by atoms with Crippen molar-refractivity contribution in [2.24, 2.45) is 0 Å². The lowest BCUT2D eigenvalue weighted by Crippen LogP contribution is -2.56. The number of hydrogen-bond donors (Lipinski definition) is 1. The zero-order chi connectivity index (χ0) is 23.9. The molecule has 0 saturated carbocycles. The summed E-state index contributed by atoms with van der Waals surface area (Å²) >= 11 is 0. The fourth-order valence-corrected chi connectivity index (χ4v) is 6.14. The van der Waals surface area contributed by atoms with Crippen LogP contribution in [-0.4, -0.2) is 90.1 Å². The molecule has 4 aliphatic heterocycles. The Labute approximate surface area is 199 Å². The van der Waals surface area contributed by atoms with Crippen molar-refractivity contribution in [1.82, 2.24) is 20.0 Å². The third kappa shape index (κ3) is 4.70. The smallest absolute Gasteiger partial charge is 0.243 e. The zero-order valence-corrected chi connectivity index (χ0v) is 19.8. The van der Waals surface area contributed by atoms with Gasteiger partial charge in [0.25, 0.3) is 0 Å². The van der Waals surface area contributed by atoms with Crippen molar-refractivity contribution >= 4 is 11.8 Å². The molecule has 4 aliphatic rings. The minimum Gasteiger partial charge on any atom is -0.381 e. The number of ether oxygens (including phenoxy) is 1. The molecule has 7 nitrogen and oxygen atoms in total. The second-order valence-electron chi connectivity index (χ2n) is 10.4. The number of nitrogens with one attached hydrogen (secondary N) is 1. The molecule has 2 atom stereocenters. The summed E-state index contributed by atoms with van der Waals surface area (Å²) in [5, 5.41) is 3.26. The van der Waals surface area contributed by atoms with Crippen LogP contribution in [-0.2, 0) is 20.9 Å². The fraction of sp³-hybridized carbons (Fsp3) is 0.680. The second-order valence-corrected chi connectivity index (χ2v) is 10.4. The number of hydrogen-bond acceptors (Lipinski definition) is 5. The third-order valence-electron chi connectivity index (χ3n) is 8.33. The molecule has 0 aliphatic carbocycles. The van der Waals surface area contributed by atoms with Gasteiger partial charge in [0.1, 0.15) is 6.04 Å². The Hall–Kier alpha value is -2.10. The molecule has 34 heavy (non-hydrogen) atoms. The van der Waals surface area contributed by atoms with Crippen LogP contribution in [0.4, 0.5) is 8.78 Å². The monoisotopic (exact) mass is 476 g/mol. The molecule has 0 aromatic heterocycles. The van der Waals surface area contributed by atoms with Gasteiger partial charge in [-0.05, 0) is 56.8 Å². The lowest BCUT2D eigenvalue weighted by atomic mass is 9.84. The number of likely N-dealkylation sites (N-methyl/N-ethyl adjacent to an activating group) is 1. The van der Waals surface area contributed by atoms with Crippen molar-refractivity contribution in [2.75, 3.05) is 39.9 Å². The number of carbonyl (C=O) groups excluding carboxylic acids is 2. The van der Waals surface area contributed by atoms with Crippen LogP contribution < -0.4 is 5.32 Å². The van der Waals surface area contributed by atoms with Gasteiger partial charge in [-0.3, -0.25) is 19.4 Å². The van der Waals surface area contributed by atoms with E-state index in [4.69, 9.17) is 4.74 Å².